The Morgan fingerprint density at radius 3 is 2.53 bits per heavy atom. The van der Waals surface area contributed by atoms with Gasteiger partial charge in [-0.2, -0.15) is 5.10 Å². The average Bonchev–Trinajstić information content (AvgIpc) is 3.47. The molecule has 0 saturated carbocycles. The Hall–Kier alpha value is -2.07. The van der Waals surface area contributed by atoms with Crippen LogP contribution < -0.4 is 10.2 Å². The second-order valence-corrected chi connectivity index (χ2v) is 7.99. The van der Waals surface area contributed by atoms with Gasteiger partial charge in [-0.05, 0) is 41.6 Å². The Kier molecular flexibility index (Phi) is 8.56. The van der Waals surface area contributed by atoms with E-state index in [2.05, 4.69) is 68.9 Å². The number of nitrogens with one attached hydrogen (secondary N) is 1. The van der Waals surface area contributed by atoms with Gasteiger partial charge in [-0.3, -0.25) is 4.68 Å². The van der Waals surface area contributed by atoms with Crippen molar-refractivity contribution in [2.75, 3.05) is 37.6 Å². The van der Waals surface area contributed by atoms with Crippen LogP contribution in [0.4, 0.5) is 5.00 Å². The number of nitrogens with zero attached hydrogens (tertiary/aromatic N) is 5. The molecule has 1 aromatic carbocycles. The number of guanidine groups is 1. The van der Waals surface area contributed by atoms with E-state index in [-0.39, 0.29) is 24.0 Å². The van der Waals surface area contributed by atoms with Crippen LogP contribution in [0.15, 0.2) is 65.2 Å². The molecule has 3 aromatic rings. The Labute approximate surface area is 199 Å². The molecule has 0 unspecified atom stereocenters. The molecular weight excluding hydrogens is 507 g/mol. The van der Waals surface area contributed by atoms with Crippen molar-refractivity contribution in [2.24, 2.45) is 4.99 Å². The molecular formula is C22H29IN6S. The van der Waals surface area contributed by atoms with E-state index in [0.29, 0.717) is 6.54 Å². The van der Waals surface area contributed by atoms with Crippen LogP contribution in [0.5, 0.6) is 0 Å². The van der Waals surface area contributed by atoms with E-state index < -0.39 is 0 Å². The van der Waals surface area contributed by atoms with Crippen molar-refractivity contribution in [3.63, 3.8) is 0 Å². The third-order valence-corrected chi connectivity index (χ3v) is 6.07. The lowest BCUT2D eigenvalue weighted by Crippen LogP contribution is -2.52. The monoisotopic (exact) mass is 536 g/mol. The minimum Gasteiger partial charge on any atom is -0.360 e. The largest absolute Gasteiger partial charge is 0.360 e. The molecule has 1 saturated heterocycles. The molecule has 2 aromatic heterocycles. The number of aliphatic imine (C=N–C) groups is 1. The first kappa shape index (κ1) is 22.6. The summed E-state index contributed by atoms with van der Waals surface area (Å²) in [4.78, 5) is 9.81. The minimum absolute atomic E-state index is 0. The van der Waals surface area contributed by atoms with Gasteiger partial charge in [0.15, 0.2) is 5.96 Å². The summed E-state index contributed by atoms with van der Waals surface area (Å²) in [5.41, 5.74) is 2.51. The molecule has 1 N–H and O–H groups in total. The maximum Gasteiger partial charge on any atom is 0.194 e. The fourth-order valence-corrected chi connectivity index (χ4v) is 4.39. The maximum atomic E-state index is 4.97. The molecule has 0 amide bonds. The van der Waals surface area contributed by atoms with Crippen LogP contribution >= 0.6 is 35.3 Å². The number of hydrogen-bond acceptors (Lipinski definition) is 4. The van der Waals surface area contributed by atoms with Gasteiger partial charge in [-0.15, -0.1) is 35.3 Å². The van der Waals surface area contributed by atoms with Gasteiger partial charge in [0.2, 0.25) is 0 Å². The van der Waals surface area contributed by atoms with E-state index in [0.717, 1.165) is 45.2 Å². The van der Waals surface area contributed by atoms with Gasteiger partial charge in [0, 0.05) is 45.1 Å². The van der Waals surface area contributed by atoms with Crippen molar-refractivity contribution in [1.29, 1.82) is 0 Å². The highest BCUT2D eigenvalue weighted by molar-refractivity contribution is 14.0. The lowest BCUT2D eigenvalue weighted by molar-refractivity contribution is 0.373. The van der Waals surface area contributed by atoms with Gasteiger partial charge in [0.25, 0.3) is 0 Å². The molecule has 6 nitrogen and oxygen atoms in total. The van der Waals surface area contributed by atoms with Crippen LogP contribution in [0.1, 0.15) is 18.1 Å². The fraction of sp³-hybridized carbons (Fsp3) is 0.364. The van der Waals surface area contributed by atoms with E-state index >= 15 is 0 Å². The first-order valence-corrected chi connectivity index (χ1v) is 11.1. The molecule has 4 rings (SSSR count). The smallest absolute Gasteiger partial charge is 0.194 e. The van der Waals surface area contributed by atoms with Crippen molar-refractivity contribution in [1.82, 2.24) is 20.0 Å². The van der Waals surface area contributed by atoms with Gasteiger partial charge in [-0.25, -0.2) is 4.99 Å². The molecule has 0 bridgehead atoms. The summed E-state index contributed by atoms with van der Waals surface area (Å²) < 4.78 is 1.96. The standard InChI is InChI=1S/C22H28N6S.HI/c1-2-23-22(27-14-12-26(13-15-27)21-9-5-16-29-21)24-17-19-7-3-4-8-20(19)18-28-11-6-10-25-28;/h3-11,16H,2,12-15,17-18H2,1H3,(H,23,24);1H. The number of halogens is 1. The number of hydrogen-bond donors (Lipinski definition) is 1. The summed E-state index contributed by atoms with van der Waals surface area (Å²) >= 11 is 1.81. The van der Waals surface area contributed by atoms with Crippen molar-refractivity contribution in [3.05, 3.63) is 71.4 Å². The number of thiophene rings is 1. The van der Waals surface area contributed by atoms with E-state index in [1.165, 1.54) is 16.1 Å². The Balaban J connectivity index is 0.00000256. The Morgan fingerprint density at radius 1 is 1.07 bits per heavy atom. The van der Waals surface area contributed by atoms with Crippen molar-refractivity contribution in [2.45, 2.75) is 20.0 Å². The SMILES string of the molecule is CCNC(=NCc1ccccc1Cn1cccn1)N1CCN(c2cccs2)CC1.I. The second kappa shape index (κ2) is 11.4. The molecule has 1 aliphatic heterocycles. The highest BCUT2D eigenvalue weighted by Crippen LogP contribution is 2.22. The molecule has 0 atom stereocenters. The van der Waals surface area contributed by atoms with Crippen LogP contribution in [-0.2, 0) is 13.1 Å². The molecule has 8 heteroatoms. The average molecular weight is 536 g/mol. The van der Waals surface area contributed by atoms with Gasteiger partial charge in [0.05, 0.1) is 18.1 Å². The molecule has 1 aliphatic rings. The molecule has 0 spiro atoms. The zero-order chi connectivity index (χ0) is 19.9. The van der Waals surface area contributed by atoms with Gasteiger partial charge in [0.1, 0.15) is 0 Å². The highest BCUT2D eigenvalue weighted by atomic mass is 127. The van der Waals surface area contributed by atoms with Gasteiger partial charge >= 0.3 is 0 Å². The van der Waals surface area contributed by atoms with E-state index in [1.807, 2.05) is 34.5 Å². The van der Waals surface area contributed by atoms with Crippen molar-refractivity contribution < 1.29 is 0 Å². The highest BCUT2D eigenvalue weighted by Gasteiger charge is 2.20. The summed E-state index contributed by atoms with van der Waals surface area (Å²) in [5.74, 6) is 1.01. The first-order chi connectivity index (χ1) is 14.3. The maximum absolute atomic E-state index is 4.97. The lowest BCUT2D eigenvalue weighted by atomic mass is 10.1. The molecule has 1 fully saturated rings. The number of aromatic nitrogens is 2. The molecule has 0 radical (unpaired) electrons. The van der Waals surface area contributed by atoms with Crippen molar-refractivity contribution in [3.8, 4) is 0 Å². The van der Waals surface area contributed by atoms with E-state index in [9.17, 15) is 0 Å². The second-order valence-electron chi connectivity index (χ2n) is 7.07. The van der Waals surface area contributed by atoms with Crippen LogP contribution in [0.25, 0.3) is 0 Å². The molecule has 0 aliphatic carbocycles. The third-order valence-electron chi connectivity index (χ3n) is 5.14. The lowest BCUT2D eigenvalue weighted by Gasteiger charge is -2.37. The van der Waals surface area contributed by atoms with Gasteiger partial charge in [-0.1, -0.05) is 24.3 Å². The Bertz CT molecular complexity index is 902. The normalized spacial score (nSPS) is 14.5. The number of anilines is 1. The summed E-state index contributed by atoms with van der Waals surface area (Å²) in [6.45, 7) is 8.47. The summed E-state index contributed by atoms with van der Waals surface area (Å²) in [6.07, 6.45) is 3.82. The quantitative estimate of drug-likeness (QED) is 0.295. The van der Waals surface area contributed by atoms with E-state index in [4.69, 9.17) is 4.99 Å². The minimum atomic E-state index is 0. The van der Waals surface area contributed by atoms with Crippen LogP contribution in [0.2, 0.25) is 0 Å². The van der Waals surface area contributed by atoms with Crippen LogP contribution in [0, 0.1) is 0 Å². The van der Waals surface area contributed by atoms with Crippen LogP contribution in [0.3, 0.4) is 0 Å². The molecule has 3 heterocycles. The topological polar surface area (TPSA) is 48.7 Å². The predicted molar refractivity (Wildman–Crippen MR) is 136 cm³/mol. The number of rotatable bonds is 6. The number of benzene rings is 1. The number of piperazine rings is 1. The predicted octanol–water partition coefficient (Wildman–Crippen LogP) is 3.90. The molecule has 30 heavy (non-hydrogen) atoms. The zero-order valence-corrected chi connectivity index (χ0v) is 20.4. The van der Waals surface area contributed by atoms with E-state index in [1.54, 1.807) is 0 Å². The first-order valence-electron chi connectivity index (χ1n) is 10.2. The van der Waals surface area contributed by atoms with Gasteiger partial charge < -0.3 is 15.1 Å². The fourth-order valence-electron chi connectivity index (χ4n) is 3.61. The third kappa shape index (κ3) is 5.75. The summed E-state index contributed by atoms with van der Waals surface area (Å²) in [7, 11) is 0. The van der Waals surface area contributed by atoms with Crippen molar-refractivity contribution >= 4 is 46.3 Å². The summed E-state index contributed by atoms with van der Waals surface area (Å²) in [6, 6.07) is 14.8. The Morgan fingerprint density at radius 2 is 1.87 bits per heavy atom. The zero-order valence-electron chi connectivity index (χ0n) is 17.3. The summed E-state index contributed by atoms with van der Waals surface area (Å²) in [5, 5.41) is 11.3. The molecule has 160 valence electrons. The van der Waals surface area contributed by atoms with Crippen LogP contribution in [-0.4, -0.2) is 53.4 Å².